The number of carbonyl (C=O) groups excluding carboxylic acids is 2. The zero-order valence-electron chi connectivity index (χ0n) is 14.6. The molecule has 0 radical (unpaired) electrons. The van der Waals surface area contributed by atoms with Crippen LogP contribution < -0.4 is 0 Å². The molecule has 0 bridgehead atoms. The average Bonchev–Trinajstić information content (AvgIpc) is 2.48. The molecular formula is C17H24O5S. The van der Waals surface area contributed by atoms with Crippen LogP contribution in [0.1, 0.15) is 51.5 Å². The zero-order valence-corrected chi connectivity index (χ0v) is 15.4. The van der Waals surface area contributed by atoms with E-state index in [1.807, 2.05) is 34.6 Å². The summed E-state index contributed by atoms with van der Waals surface area (Å²) in [7, 11) is -4.02. The molecule has 0 N–H and O–H groups in total. The Morgan fingerprint density at radius 3 is 1.74 bits per heavy atom. The molecule has 5 nitrogen and oxygen atoms in total. The van der Waals surface area contributed by atoms with Crippen LogP contribution in [0.15, 0.2) is 0 Å². The SMILES string of the molecule is CCC(=O)CS(=O)(=O)OCC(=O)c1c(C)c(C)c(C)c(C)c1C. The van der Waals surface area contributed by atoms with Crippen molar-refractivity contribution in [2.24, 2.45) is 0 Å². The van der Waals surface area contributed by atoms with Gasteiger partial charge in [-0.3, -0.25) is 13.8 Å². The van der Waals surface area contributed by atoms with Crippen LogP contribution in [-0.2, 0) is 19.1 Å². The lowest BCUT2D eigenvalue weighted by atomic mass is 9.88. The van der Waals surface area contributed by atoms with Gasteiger partial charge >= 0.3 is 0 Å². The molecule has 0 aliphatic rings. The van der Waals surface area contributed by atoms with E-state index in [2.05, 4.69) is 0 Å². The maximum atomic E-state index is 12.4. The van der Waals surface area contributed by atoms with E-state index in [0.717, 1.165) is 27.8 Å². The Bertz CT molecular complexity index is 716. The fourth-order valence-corrected chi connectivity index (χ4v) is 3.44. The highest BCUT2D eigenvalue weighted by atomic mass is 32.2. The van der Waals surface area contributed by atoms with Crippen LogP contribution >= 0.6 is 0 Å². The van der Waals surface area contributed by atoms with Gasteiger partial charge in [0.1, 0.15) is 18.1 Å². The number of hydrogen-bond donors (Lipinski definition) is 0. The van der Waals surface area contributed by atoms with Crippen LogP contribution in [0.5, 0.6) is 0 Å². The van der Waals surface area contributed by atoms with Crippen LogP contribution in [0.25, 0.3) is 0 Å². The van der Waals surface area contributed by atoms with Crippen molar-refractivity contribution in [2.75, 3.05) is 12.4 Å². The van der Waals surface area contributed by atoms with E-state index in [1.54, 1.807) is 6.92 Å². The molecule has 0 aliphatic heterocycles. The van der Waals surface area contributed by atoms with Gasteiger partial charge in [-0.05, 0) is 62.4 Å². The summed E-state index contributed by atoms with van der Waals surface area (Å²) in [5.74, 6) is -1.52. The Balaban J connectivity index is 3.03. The van der Waals surface area contributed by atoms with Gasteiger partial charge in [-0.2, -0.15) is 8.42 Å². The van der Waals surface area contributed by atoms with Crippen molar-refractivity contribution in [1.82, 2.24) is 0 Å². The first kappa shape index (κ1) is 19.5. The van der Waals surface area contributed by atoms with Crippen molar-refractivity contribution in [2.45, 2.75) is 48.0 Å². The number of Topliss-reactive ketones (excluding diaryl/α,β-unsaturated/α-hetero) is 2. The van der Waals surface area contributed by atoms with E-state index >= 15 is 0 Å². The van der Waals surface area contributed by atoms with Crippen molar-refractivity contribution in [3.05, 3.63) is 33.4 Å². The summed E-state index contributed by atoms with van der Waals surface area (Å²) < 4.78 is 28.1. The molecule has 0 unspecified atom stereocenters. The number of rotatable bonds is 7. The summed E-state index contributed by atoms with van der Waals surface area (Å²) in [5.41, 5.74) is 5.32. The fraction of sp³-hybridized carbons (Fsp3) is 0.529. The minimum Gasteiger partial charge on any atom is -0.298 e. The van der Waals surface area contributed by atoms with E-state index in [-0.39, 0.29) is 6.42 Å². The topological polar surface area (TPSA) is 77.5 Å². The van der Waals surface area contributed by atoms with E-state index in [9.17, 15) is 18.0 Å². The maximum absolute atomic E-state index is 12.4. The minimum atomic E-state index is -4.02. The van der Waals surface area contributed by atoms with Gasteiger partial charge in [0.2, 0.25) is 0 Å². The van der Waals surface area contributed by atoms with Crippen LogP contribution in [-0.4, -0.2) is 32.3 Å². The molecule has 6 heteroatoms. The maximum Gasteiger partial charge on any atom is 0.274 e. The number of hydrogen-bond acceptors (Lipinski definition) is 5. The third-order valence-corrected chi connectivity index (χ3v) is 5.53. The van der Waals surface area contributed by atoms with E-state index in [1.165, 1.54) is 0 Å². The average molecular weight is 340 g/mol. The lowest BCUT2D eigenvalue weighted by molar-refractivity contribution is -0.116. The molecule has 0 aromatic heterocycles. The second-order valence-corrected chi connectivity index (χ2v) is 7.42. The second-order valence-electron chi connectivity index (χ2n) is 5.78. The Morgan fingerprint density at radius 2 is 1.30 bits per heavy atom. The first-order valence-electron chi connectivity index (χ1n) is 7.50. The minimum absolute atomic E-state index is 0.116. The molecule has 0 heterocycles. The third-order valence-electron chi connectivity index (χ3n) is 4.38. The Hall–Kier alpha value is -1.53. The van der Waals surface area contributed by atoms with Crippen molar-refractivity contribution in [3.8, 4) is 0 Å². The highest BCUT2D eigenvalue weighted by Crippen LogP contribution is 2.26. The molecule has 1 aromatic carbocycles. The van der Waals surface area contributed by atoms with Gasteiger partial charge in [-0.1, -0.05) is 6.92 Å². The Kier molecular flexibility index (Phi) is 6.25. The van der Waals surface area contributed by atoms with Crippen LogP contribution in [0.3, 0.4) is 0 Å². The van der Waals surface area contributed by atoms with Crippen LogP contribution in [0.2, 0.25) is 0 Å². The zero-order chi connectivity index (χ0) is 17.9. The monoisotopic (exact) mass is 340 g/mol. The molecule has 0 spiro atoms. The van der Waals surface area contributed by atoms with Gasteiger partial charge in [0, 0.05) is 12.0 Å². The molecule has 1 aromatic rings. The van der Waals surface area contributed by atoms with E-state index in [0.29, 0.717) is 5.56 Å². The molecule has 0 atom stereocenters. The molecule has 0 amide bonds. The first-order chi connectivity index (χ1) is 10.5. The molecule has 128 valence electrons. The molecule has 0 fully saturated rings. The van der Waals surface area contributed by atoms with Gasteiger partial charge in [0.05, 0.1) is 0 Å². The summed E-state index contributed by atoms with van der Waals surface area (Å²) in [4.78, 5) is 23.7. The third kappa shape index (κ3) is 4.48. The predicted octanol–water partition coefficient (Wildman–Crippen LogP) is 2.74. The van der Waals surface area contributed by atoms with Crippen molar-refractivity contribution < 1.29 is 22.2 Å². The standard InChI is InChI=1S/C17H24O5S/c1-7-15(18)9-23(20,21)22-8-16(19)17-13(5)11(3)10(2)12(4)14(17)6/h7-9H2,1-6H3. The number of ketones is 2. The quantitative estimate of drug-likeness (QED) is 0.563. The van der Waals surface area contributed by atoms with E-state index in [4.69, 9.17) is 4.18 Å². The predicted molar refractivity (Wildman–Crippen MR) is 89.5 cm³/mol. The summed E-state index contributed by atoms with van der Waals surface area (Å²) in [6, 6.07) is 0. The van der Waals surface area contributed by atoms with Gasteiger partial charge in [-0.15, -0.1) is 0 Å². The molecule has 0 saturated carbocycles. The van der Waals surface area contributed by atoms with Crippen molar-refractivity contribution in [3.63, 3.8) is 0 Å². The van der Waals surface area contributed by atoms with Crippen molar-refractivity contribution in [1.29, 1.82) is 0 Å². The molecular weight excluding hydrogens is 316 g/mol. The molecule has 1 rings (SSSR count). The van der Waals surface area contributed by atoms with Crippen LogP contribution in [0, 0.1) is 34.6 Å². The molecule has 23 heavy (non-hydrogen) atoms. The number of benzene rings is 1. The summed E-state index contributed by atoms with van der Waals surface area (Å²) in [6.45, 7) is 10.6. The lowest BCUT2D eigenvalue weighted by Crippen LogP contribution is -2.22. The molecule has 0 saturated heterocycles. The first-order valence-corrected chi connectivity index (χ1v) is 9.08. The second kappa shape index (κ2) is 7.36. The highest BCUT2D eigenvalue weighted by molar-refractivity contribution is 7.87. The summed E-state index contributed by atoms with van der Waals surface area (Å²) in [5, 5.41) is 0. The Labute approximate surface area is 138 Å². The summed E-state index contributed by atoms with van der Waals surface area (Å²) in [6.07, 6.45) is 0.116. The molecule has 0 aliphatic carbocycles. The highest BCUT2D eigenvalue weighted by Gasteiger charge is 2.22. The number of carbonyl (C=O) groups is 2. The van der Waals surface area contributed by atoms with Crippen molar-refractivity contribution >= 4 is 21.7 Å². The smallest absolute Gasteiger partial charge is 0.274 e. The lowest BCUT2D eigenvalue weighted by Gasteiger charge is -2.17. The van der Waals surface area contributed by atoms with Gasteiger partial charge in [0.25, 0.3) is 10.1 Å². The summed E-state index contributed by atoms with van der Waals surface area (Å²) >= 11 is 0. The Morgan fingerprint density at radius 1 is 0.870 bits per heavy atom. The normalized spacial score (nSPS) is 11.6. The van der Waals surface area contributed by atoms with Gasteiger partial charge in [0.15, 0.2) is 5.78 Å². The van der Waals surface area contributed by atoms with Gasteiger partial charge in [-0.25, -0.2) is 0 Å². The largest absolute Gasteiger partial charge is 0.298 e. The van der Waals surface area contributed by atoms with Crippen LogP contribution in [0.4, 0.5) is 0 Å². The van der Waals surface area contributed by atoms with Gasteiger partial charge < -0.3 is 0 Å². The van der Waals surface area contributed by atoms with E-state index < -0.39 is 34.0 Å². The fourth-order valence-electron chi connectivity index (χ4n) is 2.47.